The molecular formula is C53H87NO12SSi. The van der Waals surface area contributed by atoms with E-state index < -0.39 is 41.5 Å². The number of fused-ring (bicyclic) bond motifs is 3. The number of aldehydes is 1. The maximum absolute atomic E-state index is 12.6. The molecule has 1 heterocycles. The molecule has 1 aromatic rings. The van der Waals surface area contributed by atoms with Crippen molar-refractivity contribution in [1.82, 2.24) is 0 Å². The van der Waals surface area contributed by atoms with Crippen LogP contribution in [0.4, 0.5) is 0 Å². The van der Waals surface area contributed by atoms with Gasteiger partial charge < -0.3 is 39.7 Å². The molecule has 1 aromatic carbocycles. The van der Waals surface area contributed by atoms with Crippen molar-refractivity contribution < 1.29 is 56.6 Å². The SMILES string of the molecule is CC(C)(C)[Si](C)(C)O[C@H]1CC[C@](C)([C@H]2CC[C@@]3(C)[C@@H](CCC34OCCO4)[C@@H]2C=O)[C@@H](C(=O)O)C1.C[C@]1([C@H]2CC[C@]3(C)C(=O)CC[C@H]3[C@@H]2CN)CC[C@H](O)C[C@@H]1CO.Cc1ccc(S(=O)(=O)O)cc1. The number of aliphatic hydroxyl groups excluding tert-OH is 2. The highest BCUT2D eigenvalue weighted by Crippen LogP contribution is 2.67. The van der Waals surface area contributed by atoms with Gasteiger partial charge in [0.05, 0.1) is 30.1 Å². The smallest absolute Gasteiger partial charge is 0.307 e. The highest BCUT2D eigenvalue weighted by Gasteiger charge is 2.67. The largest absolute Gasteiger partial charge is 0.481 e. The second-order valence-corrected chi connectivity index (χ2v) is 30.9. The van der Waals surface area contributed by atoms with Gasteiger partial charge in [-0.3, -0.25) is 14.1 Å². The number of aryl methyl sites for hydroxylation is 1. The van der Waals surface area contributed by atoms with Crippen molar-refractivity contribution in [1.29, 1.82) is 0 Å². The molecule has 0 bridgehead atoms. The van der Waals surface area contributed by atoms with Gasteiger partial charge in [0.1, 0.15) is 12.1 Å². The molecule has 6 aliphatic carbocycles. The summed E-state index contributed by atoms with van der Waals surface area (Å²) in [6, 6.07) is 5.99. The molecule has 0 amide bonds. The van der Waals surface area contributed by atoms with Gasteiger partial charge in [-0.15, -0.1) is 0 Å². The fourth-order valence-corrected chi connectivity index (χ4v) is 16.8. The number of carbonyl (C=O) groups excluding carboxylic acids is 2. The summed E-state index contributed by atoms with van der Waals surface area (Å²) >= 11 is 0. The second kappa shape index (κ2) is 20.4. The van der Waals surface area contributed by atoms with E-state index in [2.05, 4.69) is 61.6 Å². The van der Waals surface area contributed by atoms with Gasteiger partial charge in [-0.1, -0.05) is 66.2 Å². The van der Waals surface area contributed by atoms with Gasteiger partial charge in [-0.05, 0) is 167 Å². The number of hydrogen-bond acceptors (Lipinski definition) is 11. The van der Waals surface area contributed by atoms with E-state index in [9.17, 15) is 38.1 Å². The van der Waals surface area contributed by atoms with Crippen molar-refractivity contribution in [3.8, 4) is 0 Å². The lowest BCUT2D eigenvalue weighted by Gasteiger charge is -2.56. The zero-order chi connectivity index (χ0) is 50.5. The lowest BCUT2D eigenvalue weighted by atomic mass is 9.49. The van der Waals surface area contributed by atoms with Gasteiger partial charge in [0, 0.05) is 42.3 Å². The first-order valence-electron chi connectivity index (χ1n) is 25.8. The summed E-state index contributed by atoms with van der Waals surface area (Å²) in [7, 11) is -6.01. The number of carbonyl (C=O) groups is 3. The lowest BCUT2D eigenvalue weighted by molar-refractivity contribution is -0.242. The van der Waals surface area contributed by atoms with E-state index in [4.69, 9.17) is 24.2 Å². The van der Waals surface area contributed by atoms with Crippen LogP contribution in [0, 0.1) is 75.9 Å². The van der Waals surface area contributed by atoms with Crippen LogP contribution in [0.15, 0.2) is 29.2 Å². The molecule has 8 rings (SSSR count). The highest BCUT2D eigenvalue weighted by atomic mass is 32.2. The number of Topliss-reactive ketones (excluding diaryl/α,β-unsaturated/α-hetero) is 1. The molecule has 7 fully saturated rings. The maximum atomic E-state index is 12.6. The number of aliphatic carboxylic acids is 1. The Balaban J connectivity index is 0.000000192. The third-order valence-corrected chi connectivity index (χ3v) is 25.7. The van der Waals surface area contributed by atoms with Crippen LogP contribution < -0.4 is 5.73 Å². The van der Waals surface area contributed by atoms with Crippen LogP contribution in [0.3, 0.4) is 0 Å². The Hall–Kier alpha value is -2.08. The minimum Gasteiger partial charge on any atom is -0.481 e. The minimum absolute atomic E-state index is 0.0198. The summed E-state index contributed by atoms with van der Waals surface area (Å²) in [6.07, 6.45) is 12.7. The van der Waals surface area contributed by atoms with E-state index in [0.29, 0.717) is 62.6 Å². The molecule has 68 heavy (non-hydrogen) atoms. The second-order valence-electron chi connectivity index (χ2n) is 24.7. The zero-order valence-corrected chi connectivity index (χ0v) is 44.7. The van der Waals surface area contributed by atoms with Gasteiger partial charge in [0.25, 0.3) is 10.1 Å². The van der Waals surface area contributed by atoms with Crippen LogP contribution in [0.1, 0.15) is 144 Å². The topological polar surface area (TPSA) is 220 Å². The van der Waals surface area contributed by atoms with Gasteiger partial charge in [-0.2, -0.15) is 8.42 Å². The van der Waals surface area contributed by atoms with E-state index in [1.54, 1.807) is 12.1 Å². The Morgan fingerprint density at radius 3 is 2.03 bits per heavy atom. The van der Waals surface area contributed by atoms with Gasteiger partial charge in [-0.25, -0.2) is 0 Å². The molecule has 0 unspecified atom stereocenters. The normalized spacial score (nSPS) is 40.3. The Bertz CT molecular complexity index is 2050. The molecule has 1 saturated heterocycles. The average Bonchev–Trinajstić information content (AvgIpc) is 3.96. The molecule has 1 spiro atoms. The van der Waals surface area contributed by atoms with Gasteiger partial charge >= 0.3 is 5.97 Å². The zero-order valence-electron chi connectivity index (χ0n) is 42.9. The van der Waals surface area contributed by atoms with Crippen LogP contribution >= 0.6 is 0 Å². The third kappa shape index (κ3) is 10.3. The summed E-state index contributed by atoms with van der Waals surface area (Å²) in [5.74, 6) is 0.0913. The summed E-state index contributed by atoms with van der Waals surface area (Å²) in [5, 5.41) is 30.4. The number of carboxylic acid groups (broad SMARTS) is 1. The quantitative estimate of drug-likeness (QED) is 0.0887. The molecule has 7 aliphatic rings. The fourth-order valence-electron chi connectivity index (χ4n) is 14.9. The maximum Gasteiger partial charge on any atom is 0.307 e. The summed E-state index contributed by atoms with van der Waals surface area (Å²) in [5.41, 5.74) is 6.42. The first-order valence-corrected chi connectivity index (χ1v) is 30.1. The van der Waals surface area contributed by atoms with Crippen LogP contribution in [0.2, 0.25) is 18.1 Å². The number of nitrogens with two attached hydrogens (primary N) is 1. The van der Waals surface area contributed by atoms with E-state index >= 15 is 0 Å². The van der Waals surface area contributed by atoms with Crippen molar-refractivity contribution in [3.05, 3.63) is 29.8 Å². The molecule has 0 aromatic heterocycles. The van der Waals surface area contributed by atoms with Crippen molar-refractivity contribution in [2.24, 2.45) is 74.7 Å². The van der Waals surface area contributed by atoms with E-state index in [-0.39, 0.29) is 68.7 Å². The fraction of sp³-hybridized carbons (Fsp3) is 0.830. The van der Waals surface area contributed by atoms with E-state index in [1.165, 1.54) is 12.1 Å². The Morgan fingerprint density at radius 2 is 1.47 bits per heavy atom. The monoisotopic (exact) mass is 990 g/mol. The van der Waals surface area contributed by atoms with Gasteiger partial charge in [0.15, 0.2) is 14.1 Å². The predicted octanol–water partition coefficient (Wildman–Crippen LogP) is 9.01. The summed E-state index contributed by atoms with van der Waals surface area (Å²) in [6.45, 7) is 23.8. The van der Waals surface area contributed by atoms with Crippen LogP contribution in [0.5, 0.6) is 0 Å². The van der Waals surface area contributed by atoms with Crippen LogP contribution in [0.25, 0.3) is 0 Å². The molecule has 13 nitrogen and oxygen atoms in total. The van der Waals surface area contributed by atoms with Crippen molar-refractivity contribution in [2.75, 3.05) is 26.4 Å². The number of ketones is 1. The summed E-state index contributed by atoms with van der Waals surface area (Å²) in [4.78, 5) is 37.6. The third-order valence-electron chi connectivity index (χ3n) is 20.3. The Labute approximate surface area is 408 Å². The first kappa shape index (κ1) is 55.2. The number of rotatable bonds is 9. The molecule has 15 heteroatoms. The highest BCUT2D eigenvalue weighted by molar-refractivity contribution is 7.85. The molecule has 0 radical (unpaired) electrons. The molecule has 386 valence electrons. The number of benzene rings is 1. The molecule has 6 saturated carbocycles. The minimum atomic E-state index is -4.02. The number of hydrogen-bond donors (Lipinski definition) is 5. The molecule has 6 N–H and O–H groups in total. The van der Waals surface area contributed by atoms with Crippen LogP contribution in [-0.2, 0) is 38.4 Å². The van der Waals surface area contributed by atoms with Crippen molar-refractivity contribution >= 4 is 36.5 Å². The van der Waals surface area contributed by atoms with Crippen LogP contribution in [-0.4, -0.2) is 99.0 Å². The molecular weight excluding hydrogens is 903 g/mol. The van der Waals surface area contributed by atoms with Crippen molar-refractivity contribution in [3.63, 3.8) is 0 Å². The standard InChI is InChI=1S/C27H46O6Si.C19H33NO3.C7H8O3S/c1-24(2,3)34(6,7)33-18-8-11-25(4,22(16-18)23(29)30)20-9-12-26(5)21(19(20)17-28)10-13-27(26)31-14-15-32-27;1-18(7-5-13(22)9-12(18)11-21)16-6-8-19(2)15(14(16)10-20)3-4-17(19)23;1-6-2-4-7(5-3-6)11(8,9)10/h17-22H,8-16H2,1-7H3,(H,29,30);12-16,21-22H,3-11,20H2,1-2H3;2-5H,1H3,(H,8,9,10)/t18-,19+,20-,21-,22+,25+,26-;12-,13+,14+,15+,16+,18+,19+;/m01./s1. The Morgan fingerprint density at radius 1 is 0.868 bits per heavy atom. The van der Waals surface area contributed by atoms with Gasteiger partial charge in [0.2, 0.25) is 0 Å². The predicted molar refractivity (Wildman–Crippen MR) is 264 cm³/mol. The molecule has 14 atom stereocenters. The summed E-state index contributed by atoms with van der Waals surface area (Å²) < 4.78 is 48.6. The number of carboxylic acids is 1. The van der Waals surface area contributed by atoms with E-state index in [0.717, 1.165) is 82.5 Å². The number of ether oxygens (including phenoxy) is 2. The number of aliphatic hydroxyl groups is 2. The Kier molecular flexibility index (Phi) is 16.6. The average molecular weight is 990 g/mol. The van der Waals surface area contributed by atoms with E-state index in [1.807, 2.05) is 6.92 Å². The van der Waals surface area contributed by atoms with Crippen molar-refractivity contribution in [2.45, 2.75) is 186 Å². The first-order chi connectivity index (χ1) is 31.6. The lowest BCUT2D eigenvalue weighted by Crippen LogP contribution is -2.57. The molecule has 1 aliphatic heterocycles.